The number of hydrogen-bond acceptors (Lipinski definition) is 6. The van der Waals surface area contributed by atoms with Gasteiger partial charge in [0.25, 0.3) is 0 Å². The normalized spacial score (nSPS) is 13.9. The SMILES string of the molecule is CC(C)c1ccc(N(c2ccccc2)c2ccc3c4cc5c(cc4n4c6cc(C#N)ccc6c2c34)c2ccc(N(c3ccc(C(C)C)cc3)c3cccc(-c4cccc(N(c6ccc(C(C)C)cc6)c6ccc7c8cc9c(cc8n8c%10cc(C%11CCCCC%11)ccc%10c6c78)c6ccc(N(c7ccccc7)c7ccc(C(C)C)cc7)c7c8ccc(C%10CCCCC%10)cc8n9c67)c4)c3)c3c4ccc(C#N)cc4n5c23)cc1. The van der Waals surface area contributed by atoms with Crippen molar-refractivity contribution in [3.05, 3.63) is 396 Å². The molecule has 0 amide bonds. The summed E-state index contributed by atoms with van der Waals surface area (Å²) in [6, 6.07) is 139. The molecule has 28 rings (SSSR count). The number of fused-ring (bicyclic) bond motifs is 24. The quantitative estimate of drug-likeness (QED) is 0.0803. The van der Waals surface area contributed by atoms with Crippen molar-refractivity contribution in [2.45, 2.75) is 155 Å². The Morgan fingerprint density at radius 1 is 0.222 bits per heavy atom. The molecule has 2 aliphatic rings. The largest absolute Gasteiger partial charge is 0.310 e. The standard InChI is InChI=1S/C134H108N10/c1-79(2)85-37-47-97(48-38-85)137(95-29-17-11-18-30-95)115-63-59-103-111-73-124-112(74-123(111)141-119-67-83(77-135)35-55-107(119)127(115)131(103)141)104-61-65-117(128-108-56-36-84(78-136)68-120(108)142(124)132(104)128)139(99-51-41-87(42-52-99)81(5)6)101-33-21-27-91(69-101)92-28-22-34-102(70-92)140(100-53-43-88(44-54-100)82(7)8)118-66-62-106-114-76-125-113(75-126(114)144-122-72-94(90-25-15-10-16-26-90)46-58-110(122)130(118)134(106)144)105-60-64-116(138(96-31-19-12-20-32-96)98-49-39-86(40-50-98)80(3)4)129-109-57-45-93(89-23-13-9-14-24-89)71-121(109)143(125)133(105)129/h11-12,17-22,27-76,79-82,89-90H,9-10,13-16,23-26H2,1-8H3. The van der Waals surface area contributed by atoms with Crippen molar-refractivity contribution < 1.29 is 0 Å². The van der Waals surface area contributed by atoms with Crippen molar-refractivity contribution in [1.29, 1.82) is 10.5 Å². The zero-order valence-electron chi connectivity index (χ0n) is 82.5. The topological polar surface area (TPSA) is 78.2 Å². The number of aromatic nitrogens is 4. The van der Waals surface area contributed by atoms with Crippen LogP contribution in [0.15, 0.2) is 352 Å². The molecule has 2 fully saturated rings. The van der Waals surface area contributed by atoms with Gasteiger partial charge in [0.15, 0.2) is 0 Å². The van der Waals surface area contributed by atoms with E-state index in [-0.39, 0.29) is 0 Å². The highest BCUT2D eigenvalue weighted by Gasteiger charge is 2.35. The monoisotopic (exact) mass is 1860 g/mol. The van der Waals surface area contributed by atoms with Gasteiger partial charge in [0, 0.05) is 132 Å². The lowest BCUT2D eigenvalue weighted by molar-refractivity contribution is 0.444. The average molecular weight is 1860 g/mol. The molecule has 0 radical (unpaired) electrons. The van der Waals surface area contributed by atoms with Gasteiger partial charge < -0.3 is 37.2 Å². The Balaban J connectivity index is 0.622. The first-order chi connectivity index (χ1) is 70.6. The summed E-state index contributed by atoms with van der Waals surface area (Å²) in [5, 5.41) is 40.6. The van der Waals surface area contributed by atoms with Crippen molar-refractivity contribution in [3.8, 4) is 23.3 Å². The maximum atomic E-state index is 11.0. The van der Waals surface area contributed by atoms with Gasteiger partial charge in [-0.2, -0.15) is 10.5 Å². The molecule has 10 nitrogen and oxygen atoms in total. The van der Waals surface area contributed by atoms with Crippen LogP contribution in [0.1, 0.15) is 200 Å². The van der Waals surface area contributed by atoms with Crippen molar-refractivity contribution in [3.63, 3.8) is 0 Å². The fourth-order valence-corrected chi connectivity index (χ4v) is 26.0. The first-order valence-corrected chi connectivity index (χ1v) is 52.2. The number of anilines is 12. The van der Waals surface area contributed by atoms with Crippen LogP contribution in [0.4, 0.5) is 68.2 Å². The summed E-state index contributed by atoms with van der Waals surface area (Å²) in [6.45, 7) is 18.2. The van der Waals surface area contributed by atoms with Gasteiger partial charge in [-0.05, 0) is 288 Å². The number of benzene rings is 18. The van der Waals surface area contributed by atoms with Gasteiger partial charge in [-0.1, -0.05) is 264 Å². The molecular weight excluding hydrogens is 1750 g/mol. The van der Waals surface area contributed by atoms with Crippen LogP contribution < -0.4 is 19.6 Å². The van der Waals surface area contributed by atoms with E-state index in [1.807, 2.05) is 12.1 Å². The molecule has 0 atom stereocenters. The highest BCUT2D eigenvalue weighted by atomic mass is 15.2. The number of nitriles is 2. The lowest BCUT2D eigenvalue weighted by Gasteiger charge is -2.28. The predicted octanol–water partition coefficient (Wildman–Crippen LogP) is 38.2. The molecule has 10 heteroatoms. The van der Waals surface area contributed by atoms with E-state index in [0.29, 0.717) is 46.6 Å². The Morgan fingerprint density at radius 3 is 0.757 bits per heavy atom. The first kappa shape index (κ1) is 85.3. The number of rotatable bonds is 19. The summed E-state index contributed by atoms with van der Waals surface area (Å²) in [4.78, 5) is 9.94. The summed E-state index contributed by atoms with van der Waals surface area (Å²) in [5.41, 5.74) is 38.2. The molecule has 144 heavy (non-hydrogen) atoms. The Kier molecular flexibility index (Phi) is 19.5. The third-order valence-electron chi connectivity index (χ3n) is 33.2. The van der Waals surface area contributed by atoms with Gasteiger partial charge in [-0.25, -0.2) is 0 Å². The Labute approximate surface area is 837 Å². The van der Waals surface area contributed by atoms with Gasteiger partial charge in [-0.3, -0.25) is 0 Å². The van der Waals surface area contributed by atoms with Gasteiger partial charge in [0.05, 0.1) is 112 Å². The molecule has 2 saturated carbocycles. The lowest BCUT2D eigenvalue weighted by atomic mass is 9.84. The molecule has 0 bridgehead atoms. The maximum Gasteiger partial charge on any atom is 0.0992 e. The fraction of sp³-hybridized carbons (Fsp3) is 0.179. The summed E-state index contributed by atoms with van der Waals surface area (Å²) in [6.07, 6.45) is 12.5. The Bertz CT molecular complexity index is 9750. The molecule has 8 aromatic heterocycles. The second-order valence-corrected chi connectivity index (χ2v) is 42.5. The van der Waals surface area contributed by atoms with Crippen LogP contribution in [0.25, 0.3) is 164 Å². The third-order valence-corrected chi connectivity index (χ3v) is 33.2. The summed E-state index contributed by atoms with van der Waals surface area (Å²) >= 11 is 0. The lowest BCUT2D eigenvalue weighted by Crippen LogP contribution is -2.11. The predicted molar refractivity (Wildman–Crippen MR) is 607 cm³/mol. The van der Waals surface area contributed by atoms with Crippen LogP contribution in [0.2, 0.25) is 0 Å². The number of hydrogen-bond donors (Lipinski definition) is 0. The van der Waals surface area contributed by atoms with E-state index in [4.69, 9.17) is 0 Å². The molecular formula is C134H108N10. The van der Waals surface area contributed by atoms with Crippen LogP contribution >= 0.6 is 0 Å². The highest BCUT2D eigenvalue weighted by Crippen LogP contribution is 2.58. The number of para-hydroxylation sites is 2. The smallest absolute Gasteiger partial charge is 0.0992 e. The molecule has 2 aliphatic carbocycles. The van der Waals surface area contributed by atoms with E-state index in [1.165, 1.54) is 179 Å². The Morgan fingerprint density at radius 2 is 0.472 bits per heavy atom. The number of nitrogens with zero attached hydrogens (tertiary/aromatic N) is 10. The van der Waals surface area contributed by atoms with Crippen LogP contribution in [0, 0.1) is 22.7 Å². The zero-order chi connectivity index (χ0) is 96.4. The molecule has 0 N–H and O–H groups in total. The van der Waals surface area contributed by atoms with E-state index in [0.717, 1.165) is 150 Å². The minimum Gasteiger partial charge on any atom is -0.310 e. The van der Waals surface area contributed by atoms with E-state index >= 15 is 0 Å². The average Bonchev–Trinajstić information content (AvgIpc) is 1.51. The van der Waals surface area contributed by atoms with E-state index in [2.05, 4.69) is 444 Å². The fourth-order valence-electron chi connectivity index (χ4n) is 26.0. The van der Waals surface area contributed by atoms with Crippen molar-refractivity contribution in [2.75, 3.05) is 19.6 Å². The third kappa shape index (κ3) is 12.9. The molecule has 26 aromatic rings. The van der Waals surface area contributed by atoms with Crippen LogP contribution in [-0.4, -0.2) is 17.6 Å². The van der Waals surface area contributed by atoms with Gasteiger partial charge in [-0.15, -0.1) is 0 Å². The van der Waals surface area contributed by atoms with Crippen molar-refractivity contribution in [2.24, 2.45) is 0 Å². The molecule has 0 saturated heterocycles. The summed E-state index contributed by atoms with van der Waals surface area (Å²) in [5.74, 6) is 2.49. The van der Waals surface area contributed by atoms with Crippen molar-refractivity contribution in [1.82, 2.24) is 17.6 Å². The molecule has 0 aliphatic heterocycles. The van der Waals surface area contributed by atoms with E-state index < -0.39 is 0 Å². The van der Waals surface area contributed by atoms with Crippen LogP contribution in [-0.2, 0) is 0 Å². The zero-order valence-corrected chi connectivity index (χ0v) is 82.5. The second-order valence-electron chi connectivity index (χ2n) is 42.5. The summed E-state index contributed by atoms with van der Waals surface area (Å²) in [7, 11) is 0. The molecule has 0 spiro atoms. The van der Waals surface area contributed by atoms with Gasteiger partial charge in [0.2, 0.25) is 0 Å². The van der Waals surface area contributed by atoms with E-state index in [9.17, 15) is 10.5 Å². The van der Waals surface area contributed by atoms with Gasteiger partial charge >= 0.3 is 0 Å². The van der Waals surface area contributed by atoms with Gasteiger partial charge in [0.1, 0.15) is 0 Å². The van der Waals surface area contributed by atoms with E-state index in [1.54, 1.807) is 0 Å². The minimum atomic E-state index is 0.318. The summed E-state index contributed by atoms with van der Waals surface area (Å²) < 4.78 is 10.3. The molecule has 18 aromatic carbocycles. The van der Waals surface area contributed by atoms with Crippen LogP contribution in [0.3, 0.4) is 0 Å². The maximum absolute atomic E-state index is 11.0. The molecule has 8 heterocycles. The molecule has 694 valence electrons. The minimum absolute atomic E-state index is 0.318. The first-order valence-electron chi connectivity index (χ1n) is 52.2. The second kappa shape index (κ2) is 33.0. The Hall–Kier alpha value is -16.7. The van der Waals surface area contributed by atoms with Crippen LogP contribution in [0.5, 0.6) is 0 Å². The highest BCUT2D eigenvalue weighted by molar-refractivity contribution is 6.35. The molecule has 0 unspecified atom stereocenters. The van der Waals surface area contributed by atoms with Crippen molar-refractivity contribution >= 4 is 221 Å².